The maximum absolute atomic E-state index is 14.0. The van der Waals surface area contributed by atoms with Crippen molar-refractivity contribution in [3.05, 3.63) is 117 Å². The Kier molecular flexibility index (Phi) is 10.1. The second-order valence-corrected chi connectivity index (χ2v) is 13.0. The lowest BCUT2D eigenvalue weighted by Gasteiger charge is -2.24. The average molecular weight is 757 g/mol. The highest BCUT2D eigenvalue weighted by Crippen LogP contribution is 2.35. The van der Waals surface area contributed by atoms with Crippen LogP contribution in [0.2, 0.25) is 0 Å². The van der Waals surface area contributed by atoms with Crippen molar-refractivity contribution in [1.29, 1.82) is 0 Å². The molecule has 0 aliphatic carbocycles. The van der Waals surface area contributed by atoms with Gasteiger partial charge in [0.05, 0.1) is 44.7 Å². The minimum absolute atomic E-state index is 0.144. The number of aromatic carboxylic acids is 1. The smallest absolute Gasteiger partial charge is 0.338 e. The van der Waals surface area contributed by atoms with Crippen molar-refractivity contribution < 1.29 is 28.9 Å². The molecular weight excluding hydrogens is 727 g/mol. The summed E-state index contributed by atoms with van der Waals surface area (Å²) in [4.78, 5) is 44.7. The van der Waals surface area contributed by atoms with E-state index in [0.29, 0.717) is 43.2 Å². The number of allylic oxidation sites excluding steroid dienone is 1. The van der Waals surface area contributed by atoms with Crippen molar-refractivity contribution in [3.8, 4) is 11.5 Å². The van der Waals surface area contributed by atoms with Gasteiger partial charge in [-0.05, 0) is 102 Å². The number of hydrogen-bond donors (Lipinski definition) is 1. The van der Waals surface area contributed by atoms with Crippen molar-refractivity contribution in [2.24, 2.45) is 4.99 Å². The van der Waals surface area contributed by atoms with Crippen molar-refractivity contribution in [2.45, 2.75) is 31.4 Å². The first-order chi connectivity index (χ1) is 21.6. The molecule has 0 amide bonds. The largest absolute Gasteiger partial charge is 0.493 e. The van der Waals surface area contributed by atoms with Crippen molar-refractivity contribution in [3.63, 3.8) is 0 Å². The van der Waals surface area contributed by atoms with Gasteiger partial charge in [-0.2, -0.15) is 0 Å². The van der Waals surface area contributed by atoms with Gasteiger partial charge in [-0.15, -0.1) is 11.8 Å². The van der Waals surface area contributed by atoms with Crippen LogP contribution in [0.4, 0.5) is 0 Å². The molecule has 1 aromatic heterocycles. The number of carboxylic acids is 1. The minimum atomic E-state index is -1.01. The summed E-state index contributed by atoms with van der Waals surface area (Å²) in [6.45, 7) is 3.85. The van der Waals surface area contributed by atoms with E-state index in [1.54, 1.807) is 60.5 Å². The molecule has 3 aromatic carbocycles. The van der Waals surface area contributed by atoms with E-state index >= 15 is 0 Å². The predicted molar refractivity (Wildman–Crippen MR) is 182 cm³/mol. The quantitative estimate of drug-likeness (QED) is 0.130. The number of rotatable bonds is 10. The van der Waals surface area contributed by atoms with E-state index in [0.717, 1.165) is 14.0 Å². The van der Waals surface area contributed by atoms with Gasteiger partial charge in [0.2, 0.25) is 0 Å². The molecule has 0 saturated carbocycles. The number of carbonyl (C=O) groups is 2. The van der Waals surface area contributed by atoms with Gasteiger partial charge in [0, 0.05) is 4.90 Å². The first-order valence-corrected chi connectivity index (χ1v) is 16.9. The van der Waals surface area contributed by atoms with E-state index in [1.807, 2.05) is 36.6 Å². The van der Waals surface area contributed by atoms with Gasteiger partial charge in [0.15, 0.2) is 16.3 Å². The second-order valence-electron chi connectivity index (χ2n) is 9.90. The molecule has 0 bridgehead atoms. The van der Waals surface area contributed by atoms with Crippen molar-refractivity contribution >= 4 is 63.7 Å². The lowest BCUT2D eigenvalue weighted by Crippen LogP contribution is -2.39. The summed E-state index contributed by atoms with van der Waals surface area (Å²) >= 11 is 4.99. The number of halogens is 1. The van der Waals surface area contributed by atoms with Gasteiger partial charge >= 0.3 is 11.9 Å². The Balaban J connectivity index is 1.55. The molecular formula is C33H29IN2O7S2. The van der Waals surface area contributed by atoms with Crippen LogP contribution in [0.25, 0.3) is 6.08 Å². The molecule has 0 unspecified atom stereocenters. The van der Waals surface area contributed by atoms with Crippen LogP contribution in [0.5, 0.6) is 11.5 Å². The number of hydrogen-bond acceptors (Lipinski definition) is 9. The van der Waals surface area contributed by atoms with E-state index < -0.39 is 18.0 Å². The predicted octanol–water partition coefficient (Wildman–Crippen LogP) is 5.41. The molecule has 2 heterocycles. The fourth-order valence-electron chi connectivity index (χ4n) is 4.96. The third kappa shape index (κ3) is 6.87. The van der Waals surface area contributed by atoms with Crippen LogP contribution in [0.15, 0.2) is 86.6 Å². The standard InChI is InChI=1S/C33H29IN2O7S2/c1-5-42-32(40)27-18(2)35-33-36(28(27)21-9-11-23(44-4)12-10-21)30(37)26(45-33)16-20-14-24(34)29(25(15-20)41-3)43-17-19-7-6-8-22(13-19)31(38)39/h6-16,28H,5,17H2,1-4H3,(H,38,39)/b26-16-/t28-/m0/s1. The summed E-state index contributed by atoms with van der Waals surface area (Å²) in [7, 11) is 1.53. The zero-order chi connectivity index (χ0) is 32.2. The number of methoxy groups -OCH3 is 1. The highest BCUT2D eigenvalue weighted by molar-refractivity contribution is 14.1. The zero-order valence-corrected chi connectivity index (χ0v) is 28.6. The van der Waals surface area contributed by atoms with Gasteiger partial charge in [-0.1, -0.05) is 35.6 Å². The van der Waals surface area contributed by atoms with E-state index in [4.69, 9.17) is 14.2 Å². The van der Waals surface area contributed by atoms with Crippen LogP contribution in [-0.4, -0.2) is 41.6 Å². The molecule has 9 nitrogen and oxygen atoms in total. The van der Waals surface area contributed by atoms with E-state index in [-0.39, 0.29) is 24.3 Å². The molecule has 0 radical (unpaired) electrons. The number of carboxylic acid groups (broad SMARTS) is 1. The molecule has 232 valence electrons. The summed E-state index contributed by atoms with van der Waals surface area (Å²) < 4.78 is 19.8. The third-order valence-electron chi connectivity index (χ3n) is 7.06. The molecule has 1 atom stereocenters. The van der Waals surface area contributed by atoms with E-state index in [2.05, 4.69) is 27.6 Å². The highest BCUT2D eigenvalue weighted by Gasteiger charge is 2.33. The summed E-state index contributed by atoms with van der Waals surface area (Å²) in [5.41, 5.74) is 2.94. The maximum atomic E-state index is 14.0. The number of thiazole rings is 1. The van der Waals surface area contributed by atoms with E-state index in [9.17, 15) is 19.5 Å². The van der Waals surface area contributed by atoms with Crippen LogP contribution < -0.4 is 24.4 Å². The molecule has 0 fully saturated rings. The number of esters is 1. The van der Waals surface area contributed by atoms with Crippen LogP contribution in [0, 0.1) is 3.57 Å². The third-order valence-corrected chi connectivity index (χ3v) is 9.58. The molecule has 1 aliphatic rings. The molecule has 45 heavy (non-hydrogen) atoms. The Morgan fingerprint density at radius 3 is 2.58 bits per heavy atom. The molecule has 1 aliphatic heterocycles. The van der Waals surface area contributed by atoms with Crippen LogP contribution >= 0.6 is 45.7 Å². The Hall–Kier alpha value is -3.88. The summed E-state index contributed by atoms with van der Waals surface area (Å²) in [6, 6.07) is 17.3. The fraction of sp³-hybridized carbons (Fsp3) is 0.212. The number of benzene rings is 3. The first-order valence-electron chi connectivity index (χ1n) is 13.8. The van der Waals surface area contributed by atoms with E-state index in [1.165, 1.54) is 24.5 Å². The van der Waals surface area contributed by atoms with Gasteiger partial charge in [-0.3, -0.25) is 9.36 Å². The van der Waals surface area contributed by atoms with Crippen molar-refractivity contribution in [1.82, 2.24) is 4.57 Å². The lowest BCUT2D eigenvalue weighted by molar-refractivity contribution is -0.139. The fourth-order valence-corrected chi connectivity index (χ4v) is 7.19. The van der Waals surface area contributed by atoms with Crippen LogP contribution in [0.1, 0.15) is 46.9 Å². The average Bonchev–Trinajstić information content (AvgIpc) is 3.33. The van der Waals surface area contributed by atoms with Crippen LogP contribution in [-0.2, 0) is 16.1 Å². The lowest BCUT2D eigenvalue weighted by atomic mass is 9.96. The Labute approximate surface area is 281 Å². The van der Waals surface area contributed by atoms with Crippen LogP contribution in [0.3, 0.4) is 0 Å². The Morgan fingerprint density at radius 1 is 1.16 bits per heavy atom. The first kappa shape index (κ1) is 32.5. The number of thioether (sulfide) groups is 1. The second kappa shape index (κ2) is 14.0. The number of nitrogens with zero attached hydrogens (tertiary/aromatic N) is 2. The summed E-state index contributed by atoms with van der Waals surface area (Å²) in [5, 5.41) is 9.29. The molecule has 0 saturated heterocycles. The number of fused-ring (bicyclic) bond motifs is 1. The zero-order valence-electron chi connectivity index (χ0n) is 24.8. The molecule has 4 aromatic rings. The Morgan fingerprint density at radius 2 is 1.91 bits per heavy atom. The molecule has 0 spiro atoms. The highest BCUT2D eigenvalue weighted by atomic mass is 127. The van der Waals surface area contributed by atoms with Gasteiger partial charge < -0.3 is 19.3 Å². The number of ether oxygens (including phenoxy) is 3. The normalized spacial score (nSPS) is 14.5. The Bertz CT molecular complexity index is 2000. The summed E-state index contributed by atoms with van der Waals surface area (Å²) in [6.07, 6.45) is 3.76. The van der Waals surface area contributed by atoms with Gasteiger partial charge in [0.1, 0.15) is 6.61 Å². The van der Waals surface area contributed by atoms with Gasteiger partial charge in [0.25, 0.3) is 5.56 Å². The molecule has 5 rings (SSSR count). The maximum Gasteiger partial charge on any atom is 0.338 e. The molecule has 12 heteroatoms. The number of carbonyl (C=O) groups excluding carboxylic acids is 1. The minimum Gasteiger partial charge on any atom is -0.493 e. The van der Waals surface area contributed by atoms with Crippen molar-refractivity contribution in [2.75, 3.05) is 20.0 Å². The number of aromatic nitrogens is 1. The topological polar surface area (TPSA) is 116 Å². The van der Waals surface area contributed by atoms with Gasteiger partial charge in [-0.25, -0.2) is 14.6 Å². The SMILES string of the molecule is CCOC(=O)C1=C(C)N=c2s/c(=C\c3cc(I)c(OCc4cccc(C(=O)O)c4)c(OC)c3)c(=O)n2[C@H]1c1ccc(SC)cc1. The molecule has 1 N–H and O–H groups in total. The summed E-state index contributed by atoms with van der Waals surface area (Å²) in [5.74, 6) is -0.550. The monoisotopic (exact) mass is 756 g/mol.